The van der Waals surface area contributed by atoms with Gasteiger partial charge in [-0.3, -0.25) is 0 Å². The molecule has 1 atom stereocenters. The summed E-state index contributed by atoms with van der Waals surface area (Å²) in [4.78, 5) is 11.8. The van der Waals surface area contributed by atoms with Gasteiger partial charge in [-0.1, -0.05) is 6.92 Å². The fraction of sp³-hybridized carbons (Fsp3) is 0.462. The van der Waals surface area contributed by atoms with Crippen LogP contribution in [0.1, 0.15) is 18.9 Å². The Labute approximate surface area is 100 Å². The van der Waals surface area contributed by atoms with Crippen molar-refractivity contribution in [2.24, 2.45) is 0 Å². The van der Waals surface area contributed by atoms with E-state index in [0.29, 0.717) is 12.8 Å². The average molecular weight is 236 g/mol. The molecule has 0 spiro atoms. The van der Waals surface area contributed by atoms with E-state index in [9.17, 15) is 4.79 Å². The van der Waals surface area contributed by atoms with Gasteiger partial charge in [0, 0.05) is 12.0 Å². The zero-order chi connectivity index (χ0) is 12.5. The first-order valence-electron chi connectivity index (χ1n) is 5.59. The monoisotopic (exact) mass is 236 g/mol. The zero-order valence-electron chi connectivity index (χ0n) is 10.3. The lowest BCUT2D eigenvalue weighted by molar-refractivity contribution is -0.157. The third-order valence-corrected chi connectivity index (χ3v) is 3.18. The van der Waals surface area contributed by atoms with Crippen LogP contribution in [-0.4, -0.2) is 25.8 Å². The summed E-state index contributed by atoms with van der Waals surface area (Å²) in [5, 5.41) is 0. The van der Waals surface area contributed by atoms with Gasteiger partial charge in [0.2, 0.25) is 5.60 Å². The molecule has 4 heteroatoms. The van der Waals surface area contributed by atoms with Crippen LogP contribution in [0, 0.1) is 0 Å². The molecule has 2 rings (SSSR count). The van der Waals surface area contributed by atoms with Crippen LogP contribution in [0.3, 0.4) is 0 Å². The molecule has 0 unspecified atom stereocenters. The van der Waals surface area contributed by atoms with Crippen molar-refractivity contribution in [1.29, 1.82) is 0 Å². The minimum Gasteiger partial charge on any atom is -0.497 e. The third-order valence-electron chi connectivity index (χ3n) is 3.18. The Bertz CT molecular complexity index is 441. The van der Waals surface area contributed by atoms with Gasteiger partial charge in [-0.2, -0.15) is 0 Å². The molecule has 92 valence electrons. The zero-order valence-corrected chi connectivity index (χ0v) is 10.3. The number of hydrogen-bond donors (Lipinski definition) is 0. The van der Waals surface area contributed by atoms with Crippen LogP contribution in [-0.2, 0) is 16.0 Å². The van der Waals surface area contributed by atoms with E-state index in [1.165, 1.54) is 7.11 Å². The largest absolute Gasteiger partial charge is 0.497 e. The smallest absolute Gasteiger partial charge is 0.350 e. The van der Waals surface area contributed by atoms with Crippen LogP contribution in [0.4, 0.5) is 0 Å². The van der Waals surface area contributed by atoms with Crippen molar-refractivity contribution in [2.45, 2.75) is 25.4 Å². The Kier molecular flexibility index (Phi) is 2.96. The van der Waals surface area contributed by atoms with Crippen molar-refractivity contribution in [3.8, 4) is 11.5 Å². The number of carbonyl (C=O) groups excluding carboxylic acids is 1. The summed E-state index contributed by atoms with van der Waals surface area (Å²) in [7, 11) is 3.00. The molecular formula is C13H16O4. The molecule has 1 heterocycles. The summed E-state index contributed by atoms with van der Waals surface area (Å²) in [5.74, 6) is 1.18. The first kappa shape index (κ1) is 11.8. The lowest BCUT2D eigenvalue weighted by Crippen LogP contribution is -2.43. The highest BCUT2D eigenvalue weighted by atomic mass is 16.6. The quantitative estimate of drug-likeness (QED) is 0.752. The fourth-order valence-corrected chi connectivity index (χ4v) is 2.12. The van der Waals surface area contributed by atoms with Gasteiger partial charge in [0.1, 0.15) is 11.5 Å². The third kappa shape index (κ3) is 1.84. The Morgan fingerprint density at radius 2 is 2.24 bits per heavy atom. The highest BCUT2D eigenvalue weighted by Crippen LogP contribution is 2.39. The molecule has 0 aromatic heterocycles. The highest BCUT2D eigenvalue weighted by molar-refractivity contribution is 5.81. The Balaban J connectivity index is 2.33. The molecule has 1 aromatic rings. The molecule has 0 N–H and O–H groups in total. The summed E-state index contributed by atoms with van der Waals surface area (Å²) in [6.45, 7) is 1.92. The molecule has 0 radical (unpaired) electrons. The van der Waals surface area contributed by atoms with Crippen LogP contribution in [0.25, 0.3) is 0 Å². The van der Waals surface area contributed by atoms with Crippen molar-refractivity contribution in [3.05, 3.63) is 23.8 Å². The Hall–Kier alpha value is -1.71. The van der Waals surface area contributed by atoms with Gasteiger partial charge in [-0.15, -0.1) is 0 Å². The Morgan fingerprint density at radius 1 is 1.47 bits per heavy atom. The fourth-order valence-electron chi connectivity index (χ4n) is 2.12. The lowest BCUT2D eigenvalue weighted by Gasteiger charge is -2.23. The molecule has 1 aliphatic rings. The molecule has 0 amide bonds. The van der Waals surface area contributed by atoms with E-state index in [1.54, 1.807) is 7.11 Å². The predicted molar refractivity (Wildman–Crippen MR) is 62.4 cm³/mol. The second-order valence-corrected chi connectivity index (χ2v) is 4.09. The topological polar surface area (TPSA) is 44.8 Å². The van der Waals surface area contributed by atoms with Crippen molar-refractivity contribution in [3.63, 3.8) is 0 Å². The number of methoxy groups -OCH3 is 2. The van der Waals surface area contributed by atoms with E-state index >= 15 is 0 Å². The summed E-state index contributed by atoms with van der Waals surface area (Å²) in [5.41, 5.74) is 0.111. The maximum Gasteiger partial charge on any atom is 0.350 e. The van der Waals surface area contributed by atoms with Gasteiger partial charge in [0.25, 0.3) is 0 Å². The molecule has 0 saturated carbocycles. The van der Waals surface area contributed by atoms with Gasteiger partial charge in [0.15, 0.2) is 0 Å². The van der Waals surface area contributed by atoms with E-state index in [4.69, 9.17) is 14.2 Å². The molecule has 0 fully saturated rings. The summed E-state index contributed by atoms with van der Waals surface area (Å²) in [6.07, 6.45) is 1.11. The minimum atomic E-state index is -0.872. The number of benzene rings is 1. The maximum absolute atomic E-state index is 11.8. The molecule has 1 aliphatic heterocycles. The second-order valence-electron chi connectivity index (χ2n) is 4.09. The van der Waals surface area contributed by atoms with Crippen LogP contribution in [0.5, 0.6) is 11.5 Å². The number of carbonyl (C=O) groups is 1. The van der Waals surface area contributed by atoms with Crippen LogP contribution < -0.4 is 9.47 Å². The van der Waals surface area contributed by atoms with Crippen LogP contribution in [0.2, 0.25) is 0 Å². The van der Waals surface area contributed by atoms with E-state index < -0.39 is 5.60 Å². The molecule has 4 nitrogen and oxygen atoms in total. The van der Waals surface area contributed by atoms with E-state index in [0.717, 1.165) is 17.1 Å². The lowest BCUT2D eigenvalue weighted by atomic mass is 9.94. The van der Waals surface area contributed by atoms with Crippen molar-refractivity contribution < 1.29 is 19.0 Å². The second kappa shape index (κ2) is 4.28. The predicted octanol–water partition coefficient (Wildman–Crippen LogP) is 1.95. The highest BCUT2D eigenvalue weighted by Gasteiger charge is 2.46. The summed E-state index contributed by atoms with van der Waals surface area (Å²) in [6, 6.07) is 5.55. The van der Waals surface area contributed by atoms with Gasteiger partial charge in [-0.25, -0.2) is 4.79 Å². The number of ether oxygens (including phenoxy) is 3. The first-order chi connectivity index (χ1) is 8.15. The van der Waals surface area contributed by atoms with E-state index in [1.807, 2.05) is 25.1 Å². The molecule has 0 bridgehead atoms. The van der Waals surface area contributed by atoms with Gasteiger partial charge < -0.3 is 14.2 Å². The van der Waals surface area contributed by atoms with E-state index in [-0.39, 0.29) is 5.97 Å². The number of fused-ring (bicyclic) bond motifs is 1. The van der Waals surface area contributed by atoms with Crippen LogP contribution >= 0.6 is 0 Å². The maximum atomic E-state index is 11.8. The summed E-state index contributed by atoms with van der Waals surface area (Å²) < 4.78 is 15.7. The molecule has 0 saturated heterocycles. The SMILES string of the molecule is CC[C@]1(C(=O)OC)Cc2cc(OC)ccc2O1. The Morgan fingerprint density at radius 3 is 2.82 bits per heavy atom. The molecule has 17 heavy (non-hydrogen) atoms. The number of hydrogen-bond acceptors (Lipinski definition) is 4. The van der Waals surface area contributed by atoms with Gasteiger partial charge >= 0.3 is 5.97 Å². The van der Waals surface area contributed by atoms with Crippen molar-refractivity contribution in [1.82, 2.24) is 0 Å². The number of rotatable bonds is 3. The van der Waals surface area contributed by atoms with E-state index in [2.05, 4.69) is 0 Å². The van der Waals surface area contributed by atoms with Crippen molar-refractivity contribution in [2.75, 3.05) is 14.2 Å². The molecular weight excluding hydrogens is 220 g/mol. The van der Waals surface area contributed by atoms with Gasteiger partial charge in [-0.05, 0) is 24.6 Å². The summed E-state index contributed by atoms with van der Waals surface area (Å²) >= 11 is 0. The number of esters is 1. The standard InChI is InChI=1S/C13H16O4/c1-4-13(12(14)16-3)8-9-7-10(15-2)5-6-11(9)17-13/h5-7H,4,8H2,1-3H3/t13-/m1/s1. The molecule has 0 aliphatic carbocycles. The first-order valence-corrected chi connectivity index (χ1v) is 5.59. The molecule has 1 aromatic carbocycles. The minimum absolute atomic E-state index is 0.324. The normalized spacial score (nSPS) is 21.6. The van der Waals surface area contributed by atoms with Crippen LogP contribution in [0.15, 0.2) is 18.2 Å². The van der Waals surface area contributed by atoms with Crippen molar-refractivity contribution >= 4 is 5.97 Å². The average Bonchev–Trinajstić information content (AvgIpc) is 2.76. The van der Waals surface area contributed by atoms with Gasteiger partial charge in [0.05, 0.1) is 14.2 Å².